The number of hydrogen-bond acceptors (Lipinski definition) is 6. The standard InChI is InChI=1S/C16H12ClNO5S/c17-13-6-5-10(24-13)7-8-22-9-14(19)23-18-15(20)11-3-1-2-4-12(11)16(18)21/h1-6H,7-9H2. The van der Waals surface area contributed by atoms with E-state index in [0.717, 1.165) is 4.88 Å². The number of rotatable bonds is 6. The molecular weight excluding hydrogens is 354 g/mol. The van der Waals surface area contributed by atoms with Crippen LogP contribution in [0.3, 0.4) is 0 Å². The Labute approximate surface area is 146 Å². The van der Waals surface area contributed by atoms with Gasteiger partial charge in [0.05, 0.1) is 22.1 Å². The van der Waals surface area contributed by atoms with Crippen molar-refractivity contribution in [3.05, 3.63) is 56.7 Å². The molecular formula is C16H12ClNO5S. The first-order valence-corrected chi connectivity index (χ1v) is 8.26. The molecule has 0 N–H and O–H groups in total. The van der Waals surface area contributed by atoms with Gasteiger partial charge in [0.1, 0.15) is 6.61 Å². The van der Waals surface area contributed by atoms with Gasteiger partial charge in [-0.25, -0.2) is 4.79 Å². The molecule has 8 heteroatoms. The Bertz CT molecular complexity index is 768. The molecule has 1 aliphatic rings. The van der Waals surface area contributed by atoms with E-state index in [1.807, 2.05) is 6.07 Å². The summed E-state index contributed by atoms with van der Waals surface area (Å²) in [4.78, 5) is 41.7. The maximum Gasteiger partial charge on any atom is 0.358 e. The van der Waals surface area contributed by atoms with Gasteiger partial charge in [0.25, 0.3) is 11.8 Å². The summed E-state index contributed by atoms with van der Waals surface area (Å²) in [5.41, 5.74) is 0.427. The fourth-order valence-electron chi connectivity index (χ4n) is 2.19. The molecule has 2 heterocycles. The fraction of sp³-hybridized carbons (Fsp3) is 0.188. The first kappa shape index (κ1) is 16.6. The SMILES string of the molecule is O=C(COCCc1ccc(Cl)s1)ON1C(=O)c2ccccc2C1=O. The molecule has 1 aliphatic heterocycles. The van der Waals surface area contributed by atoms with Crippen LogP contribution in [0.1, 0.15) is 25.6 Å². The minimum Gasteiger partial charge on any atom is -0.369 e. The number of hydroxylamine groups is 2. The Kier molecular flexibility index (Phi) is 4.94. The summed E-state index contributed by atoms with van der Waals surface area (Å²) < 4.78 is 5.90. The molecule has 0 fully saturated rings. The molecule has 0 bridgehead atoms. The van der Waals surface area contributed by atoms with Crippen LogP contribution in [-0.4, -0.2) is 36.1 Å². The highest BCUT2D eigenvalue weighted by molar-refractivity contribution is 7.16. The molecule has 124 valence electrons. The summed E-state index contributed by atoms with van der Waals surface area (Å²) in [5, 5.41) is 0.468. The van der Waals surface area contributed by atoms with Gasteiger partial charge in [-0.2, -0.15) is 0 Å². The number of hydrogen-bond donors (Lipinski definition) is 0. The van der Waals surface area contributed by atoms with Crippen LogP contribution in [0, 0.1) is 0 Å². The van der Waals surface area contributed by atoms with Gasteiger partial charge >= 0.3 is 5.97 Å². The number of ether oxygens (including phenoxy) is 1. The summed E-state index contributed by atoms with van der Waals surface area (Å²) in [6.45, 7) is -0.0550. The topological polar surface area (TPSA) is 72.9 Å². The maximum atomic E-state index is 12.0. The number of carbonyl (C=O) groups excluding carboxylic acids is 3. The molecule has 2 amide bonds. The van der Waals surface area contributed by atoms with Crippen molar-refractivity contribution in [3.8, 4) is 0 Å². The average molecular weight is 366 g/mol. The molecule has 24 heavy (non-hydrogen) atoms. The van der Waals surface area contributed by atoms with Crippen molar-refractivity contribution < 1.29 is 24.0 Å². The molecule has 0 aliphatic carbocycles. The van der Waals surface area contributed by atoms with Crippen LogP contribution in [0.4, 0.5) is 0 Å². The number of nitrogens with zero attached hydrogens (tertiary/aromatic N) is 1. The van der Waals surface area contributed by atoms with Gasteiger partial charge in [-0.1, -0.05) is 28.8 Å². The van der Waals surface area contributed by atoms with E-state index in [1.54, 1.807) is 18.2 Å². The summed E-state index contributed by atoms with van der Waals surface area (Å²) in [6.07, 6.45) is 0.609. The lowest BCUT2D eigenvalue weighted by atomic mass is 10.1. The van der Waals surface area contributed by atoms with Crippen molar-refractivity contribution in [3.63, 3.8) is 0 Å². The zero-order valence-electron chi connectivity index (χ0n) is 12.4. The molecule has 6 nitrogen and oxygen atoms in total. The van der Waals surface area contributed by atoms with E-state index in [2.05, 4.69) is 0 Å². The molecule has 3 rings (SSSR count). The van der Waals surface area contributed by atoms with Crippen LogP contribution < -0.4 is 0 Å². The number of amides is 2. The van der Waals surface area contributed by atoms with E-state index < -0.39 is 17.8 Å². The van der Waals surface area contributed by atoms with Crippen LogP contribution in [0.5, 0.6) is 0 Å². The number of imide groups is 1. The lowest BCUT2D eigenvalue weighted by Crippen LogP contribution is -2.34. The van der Waals surface area contributed by atoms with Gasteiger partial charge in [0.2, 0.25) is 0 Å². The lowest BCUT2D eigenvalue weighted by molar-refractivity contribution is -0.173. The van der Waals surface area contributed by atoms with E-state index in [-0.39, 0.29) is 17.7 Å². The quantitative estimate of drug-likeness (QED) is 0.581. The fourth-order valence-corrected chi connectivity index (χ4v) is 3.26. The van der Waals surface area contributed by atoms with E-state index in [1.165, 1.54) is 23.5 Å². The van der Waals surface area contributed by atoms with E-state index in [0.29, 0.717) is 22.4 Å². The zero-order chi connectivity index (χ0) is 17.1. The summed E-state index contributed by atoms with van der Waals surface area (Å²) >= 11 is 7.26. The molecule has 0 saturated carbocycles. The van der Waals surface area contributed by atoms with Crippen molar-refractivity contribution in [2.45, 2.75) is 6.42 Å². The molecule has 0 unspecified atom stereocenters. The Balaban J connectivity index is 1.47. The van der Waals surface area contributed by atoms with Crippen molar-refractivity contribution in [2.75, 3.05) is 13.2 Å². The van der Waals surface area contributed by atoms with Crippen LogP contribution in [0.15, 0.2) is 36.4 Å². The predicted octanol–water partition coefficient (Wildman–Crippen LogP) is 2.72. The number of carbonyl (C=O) groups is 3. The van der Waals surface area contributed by atoms with Gasteiger partial charge < -0.3 is 9.57 Å². The zero-order valence-corrected chi connectivity index (χ0v) is 13.9. The van der Waals surface area contributed by atoms with Crippen molar-refractivity contribution in [1.29, 1.82) is 0 Å². The van der Waals surface area contributed by atoms with Crippen molar-refractivity contribution in [1.82, 2.24) is 5.06 Å². The smallest absolute Gasteiger partial charge is 0.358 e. The highest BCUT2D eigenvalue weighted by Crippen LogP contribution is 2.23. The van der Waals surface area contributed by atoms with Gasteiger partial charge in [-0.3, -0.25) is 9.59 Å². The Morgan fingerprint density at radius 3 is 2.33 bits per heavy atom. The van der Waals surface area contributed by atoms with Crippen LogP contribution in [0.25, 0.3) is 0 Å². The van der Waals surface area contributed by atoms with Gasteiger partial charge in [0, 0.05) is 11.3 Å². The average Bonchev–Trinajstić information content (AvgIpc) is 3.09. The predicted molar refractivity (Wildman–Crippen MR) is 86.9 cm³/mol. The highest BCUT2D eigenvalue weighted by atomic mass is 35.5. The Morgan fingerprint density at radius 1 is 1.08 bits per heavy atom. The minimum absolute atomic E-state index is 0.214. The number of thiophene rings is 1. The Morgan fingerprint density at radius 2 is 1.75 bits per heavy atom. The molecule has 0 saturated heterocycles. The minimum atomic E-state index is -0.811. The molecule has 0 spiro atoms. The van der Waals surface area contributed by atoms with Crippen molar-refractivity contribution >= 4 is 40.7 Å². The van der Waals surface area contributed by atoms with Crippen LogP contribution in [0.2, 0.25) is 4.34 Å². The third-order valence-electron chi connectivity index (χ3n) is 3.29. The lowest BCUT2D eigenvalue weighted by Gasteiger charge is -2.12. The van der Waals surface area contributed by atoms with Gasteiger partial charge in [-0.05, 0) is 24.3 Å². The largest absolute Gasteiger partial charge is 0.369 e. The maximum absolute atomic E-state index is 12.0. The van der Waals surface area contributed by atoms with Crippen LogP contribution >= 0.6 is 22.9 Å². The summed E-state index contributed by atoms with van der Waals surface area (Å²) in [6, 6.07) is 9.95. The van der Waals surface area contributed by atoms with E-state index in [4.69, 9.17) is 21.2 Å². The molecule has 1 aromatic heterocycles. The van der Waals surface area contributed by atoms with Crippen LogP contribution in [-0.2, 0) is 20.8 Å². The number of benzene rings is 1. The second-order valence-corrected chi connectivity index (χ2v) is 6.72. The van der Waals surface area contributed by atoms with Crippen molar-refractivity contribution in [2.24, 2.45) is 0 Å². The highest BCUT2D eigenvalue weighted by Gasteiger charge is 2.38. The molecule has 0 radical (unpaired) electrons. The number of halogens is 1. The molecule has 1 aromatic carbocycles. The molecule has 0 atom stereocenters. The summed E-state index contributed by atoms with van der Waals surface area (Å²) in [5.74, 6) is -2.12. The third-order valence-corrected chi connectivity index (χ3v) is 4.58. The first-order chi connectivity index (χ1) is 11.6. The van der Waals surface area contributed by atoms with Gasteiger partial charge in [0.15, 0.2) is 0 Å². The second kappa shape index (κ2) is 7.12. The normalized spacial score (nSPS) is 13.3. The first-order valence-electron chi connectivity index (χ1n) is 7.07. The second-order valence-electron chi connectivity index (χ2n) is 4.92. The summed E-state index contributed by atoms with van der Waals surface area (Å²) in [7, 11) is 0. The monoisotopic (exact) mass is 365 g/mol. The molecule has 2 aromatic rings. The van der Waals surface area contributed by atoms with E-state index >= 15 is 0 Å². The van der Waals surface area contributed by atoms with E-state index in [9.17, 15) is 14.4 Å². The number of fused-ring (bicyclic) bond motifs is 1. The third kappa shape index (κ3) is 3.48. The Hall–Kier alpha value is -2.22. The van der Waals surface area contributed by atoms with Gasteiger partial charge in [-0.15, -0.1) is 11.3 Å².